The zero-order valence-corrected chi connectivity index (χ0v) is 8.80. The van der Waals surface area contributed by atoms with Crippen molar-refractivity contribution in [2.45, 2.75) is 25.3 Å². The Labute approximate surface area is 90.9 Å². The molecule has 1 aliphatic carbocycles. The van der Waals surface area contributed by atoms with E-state index in [1.165, 1.54) is 6.07 Å². The number of nitrogens with two attached hydrogens (primary N) is 1. The molecule has 1 saturated carbocycles. The lowest BCUT2D eigenvalue weighted by Gasteiger charge is -2.13. The van der Waals surface area contributed by atoms with Crippen LogP contribution < -0.4 is 5.73 Å². The lowest BCUT2D eigenvalue weighted by Crippen LogP contribution is -2.14. The monoisotopic (exact) mass is 223 g/mol. The lowest BCUT2D eigenvalue weighted by atomic mass is 10.2. The predicted octanol–water partition coefficient (Wildman–Crippen LogP) is 2.41. The molecule has 0 saturated heterocycles. The van der Waals surface area contributed by atoms with E-state index < -0.39 is 11.6 Å². The number of rotatable bonds is 1. The standard InChI is InChI=1S/C11H11F2N3/c1-11(2-3-11)16-8-5-6(12)4-7(13)9(8)15-10(16)14/h4-5H,2-3H2,1H3,(H2,14,15). The van der Waals surface area contributed by atoms with Gasteiger partial charge in [-0.2, -0.15) is 0 Å². The molecule has 0 bridgehead atoms. The Hall–Kier alpha value is -1.65. The number of aromatic nitrogens is 2. The van der Waals surface area contributed by atoms with Gasteiger partial charge in [-0.05, 0) is 19.8 Å². The first-order valence-electron chi connectivity index (χ1n) is 5.15. The molecule has 3 rings (SSSR count). The minimum absolute atomic E-state index is 0.126. The summed E-state index contributed by atoms with van der Waals surface area (Å²) in [5.74, 6) is -1.01. The molecule has 2 aromatic rings. The predicted molar refractivity (Wildman–Crippen MR) is 56.9 cm³/mol. The maximum Gasteiger partial charge on any atom is 0.201 e. The number of nitrogen functional groups attached to an aromatic ring is 1. The third-order valence-corrected chi connectivity index (χ3v) is 3.22. The molecule has 0 radical (unpaired) electrons. The van der Waals surface area contributed by atoms with Crippen LogP contribution >= 0.6 is 0 Å². The van der Waals surface area contributed by atoms with Crippen LogP contribution in [0.1, 0.15) is 19.8 Å². The van der Waals surface area contributed by atoms with Crippen molar-refractivity contribution in [1.29, 1.82) is 0 Å². The second-order valence-electron chi connectivity index (χ2n) is 4.56. The van der Waals surface area contributed by atoms with Crippen LogP contribution in [-0.4, -0.2) is 9.55 Å². The van der Waals surface area contributed by atoms with Gasteiger partial charge in [0.1, 0.15) is 11.3 Å². The highest BCUT2D eigenvalue weighted by Crippen LogP contribution is 2.46. The first-order chi connectivity index (χ1) is 7.51. The molecule has 16 heavy (non-hydrogen) atoms. The topological polar surface area (TPSA) is 43.8 Å². The highest BCUT2D eigenvalue weighted by Gasteiger charge is 2.42. The fourth-order valence-corrected chi connectivity index (χ4v) is 2.09. The molecule has 0 aliphatic heterocycles. The van der Waals surface area contributed by atoms with Gasteiger partial charge in [0.2, 0.25) is 5.95 Å². The van der Waals surface area contributed by atoms with Gasteiger partial charge in [0, 0.05) is 17.7 Å². The minimum atomic E-state index is -0.662. The number of hydrogen-bond acceptors (Lipinski definition) is 2. The Morgan fingerprint density at radius 3 is 2.69 bits per heavy atom. The lowest BCUT2D eigenvalue weighted by molar-refractivity contribution is 0.553. The van der Waals surface area contributed by atoms with Crippen LogP contribution in [0.25, 0.3) is 11.0 Å². The van der Waals surface area contributed by atoms with Gasteiger partial charge in [0.15, 0.2) is 5.82 Å². The van der Waals surface area contributed by atoms with E-state index in [2.05, 4.69) is 4.98 Å². The molecule has 1 heterocycles. The van der Waals surface area contributed by atoms with E-state index in [0.29, 0.717) is 5.52 Å². The van der Waals surface area contributed by atoms with Crippen LogP contribution in [0.4, 0.5) is 14.7 Å². The van der Waals surface area contributed by atoms with E-state index in [9.17, 15) is 8.78 Å². The molecule has 84 valence electrons. The summed E-state index contributed by atoms with van der Waals surface area (Å²) in [4.78, 5) is 3.96. The summed E-state index contributed by atoms with van der Waals surface area (Å²) in [6.07, 6.45) is 1.92. The number of nitrogens with zero attached hydrogens (tertiary/aromatic N) is 2. The SMILES string of the molecule is CC1(n2c(N)nc3c(F)cc(F)cc32)CC1. The minimum Gasteiger partial charge on any atom is -0.369 e. The van der Waals surface area contributed by atoms with E-state index in [1.807, 2.05) is 6.92 Å². The van der Waals surface area contributed by atoms with E-state index in [-0.39, 0.29) is 17.0 Å². The third-order valence-electron chi connectivity index (χ3n) is 3.22. The summed E-state index contributed by atoms with van der Waals surface area (Å²) in [7, 11) is 0. The van der Waals surface area contributed by atoms with Crippen molar-refractivity contribution in [2.24, 2.45) is 0 Å². The second-order valence-corrected chi connectivity index (χ2v) is 4.56. The van der Waals surface area contributed by atoms with Gasteiger partial charge >= 0.3 is 0 Å². The first-order valence-corrected chi connectivity index (χ1v) is 5.15. The highest BCUT2D eigenvalue weighted by molar-refractivity contribution is 5.79. The van der Waals surface area contributed by atoms with Crippen molar-refractivity contribution in [1.82, 2.24) is 9.55 Å². The molecular formula is C11H11F2N3. The second kappa shape index (κ2) is 2.72. The molecule has 0 amide bonds. The van der Waals surface area contributed by atoms with Crippen molar-refractivity contribution >= 4 is 17.0 Å². The number of fused-ring (bicyclic) bond motifs is 1. The molecule has 0 atom stereocenters. The van der Waals surface area contributed by atoms with Gasteiger partial charge in [-0.3, -0.25) is 0 Å². The molecule has 0 unspecified atom stereocenters. The molecule has 1 aliphatic rings. The smallest absolute Gasteiger partial charge is 0.201 e. The van der Waals surface area contributed by atoms with E-state index in [0.717, 1.165) is 18.9 Å². The van der Waals surface area contributed by atoms with Crippen molar-refractivity contribution in [3.8, 4) is 0 Å². The van der Waals surface area contributed by atoms with Gasteiger partial charge in [-0.15, -0.1) is 0 Å². The fraction of sp³-hybridized carbons (Fsp3) is 0.364. The molecular weight excluding hydrogens is 212 g/mol. The van der Waals surface area contributed by atoms with Crippen molar-refractivity contribution in [3.05, 3.63) is 23.8 Å². The van der Waals surface area contributed by atoms with Crippen LogP contribution in [0.2, 0.25) is 0 Å². The molecule has 1 aromatic heterocycles. The van der Waals surface area contributed by atoms with Gasteiger partial charge in [-0.25, -0.2) is 13.8 Å². The largest absolute Gasteiger partial charge is 0.369 e. The van der Waals surface area contributed by atoms with Crippen molar-refractivity contribution < 1.29 is 8.78 Å². The van der Waals surface area contributed by atoms with Crippen LogP contribution in [0.3, 0.4) is 0 Å². The molecule has 1 fully saturated rings. The summed E-state index contributed by atoms with van der Waals surface area (Å²) in [6.45, 7) is 2.01. The molecule has 2 N–H and O–H groups in total. The molecule has 3 nitrogen and oxygen atoms in total. The Morgan fingerprint density at radius 2 is 2.06 bits per heavy atom. The van der Waals surface area contributed by atoms with Crippen LogP contribution in [0, 0.1) is 11.6 Å². The average molecular weight is 223 g/mol. The molecule has 1 aromatic carbocycles. The molecule has 0 spiro atoms. The zero-order valence-electron chi connectivity index (χ0n) is 8.80. The maximum absolute atomic E-state index is 13.5. The Bertz CT molecular complexity index is 584. The van der Waals surface area contributed by atoms with E-state index in [4.69, 9.17) is 5.73 Å². The van der Waals surface area contributed by atoms with Crippen LogP contribution in [-0.2, 0) is 5.54 Å². The van der Waals surface area contributed by atoms with Gasteiger partial charge < -0.3 is 10.3 Å². The quantitative estimate of drug-likeness (QED) is 0.806. The number of hydrogen-bond donors (Lipinski definition) is 1. The Morgan fingerprint density at radius 1 is 1.38 bits per heavy atom. The first kappa shape index (κ1) is 9.57. The summed E-state index contributed by atoms with van der Waals surface area (Å²) >= 11 is 0. The van der Waals surface area contributed by atoms with E-state index in [1.54, 1.807) is 4.57 Å². The third kappa shape index (κ3) is 1.14. The van der Waals surface area contributed by atoms with Gasteiger partial charge in [-0.1, -0.05) is 0 Å². The average Bonchev–Trinajstić information content (AvgIpc) is 2.80. The summed E-state index contributed by atoms with van der Waals surface area (Å²) < 4.78 is 28.4. The Kier molecular flexibility index (Phi) is 1.63. The number of imidazole rings is 1. The van der Waals surface area contributed by atoms with Crippen LogP contribution in [0.15, 0.2) is 12.1 Å². The number of halogens is 2. The fourth-order valence-electron chi connectivity index (χ4n) is 2.09. The van der Waals surface area contributed by atoms with Gasteiger partial charge in [0.25, 0.3) is 0 Å². The number of anilines is 1. The number of benzene rings is 1. The van der Waals surface area contributed by atoms with E-state index >= 15 is 0 Å². The zero-order chi connectivity index (χ0) is 11.5. The van der Waals surface area contributed by atoms with Crippen LogP contribution in [0.5, 0.6) is 0 Å². The normalized spacial score (nSPS) is 17.9. The van der Waals surface area contributed by atoms with Gasteiger partial charge in [0.05, 0.1) is 5.52 Å². The summed E-state index contributed by atoms with van der Waals surface area (Å²) in [5, 5.41) is 0. The van der Waals surface area contributed by atoms with Crippen molar-refractivity contribution in [2.75, 3.05) is 5.73 Å². The summed E-state index contributed by atoms with van der Waals surface area (Å²) in [5.41, 5.74) is 6.22. The Balaban J connectivity index is 2.39. The maximum atomic E-state index is 13.5. The van der Waals surface area contributed by atoms with Crippen molar-refractivity contribution in [3.63, 3.8) is 0 Å². The summed E-state index contributed by atoms with van der Waals surface area (Å²) in [6, 6.07) is 2.11. The highest BCUT2D eigenvalue weighted by atomic mass is 19.1. The molecule has 5 heteroatoms.